The average molecular weight is 459 g/mol. The fraction of sp³-hybridized carbons (Fsp3) is 0.143. The number of carbonyl (C=O) groups excluding carboxylic acids is 3. The van der Waals surface area contributed by atoms with Crippen molar-refractivity contribution in [1.29, 1.82) is 0 Å². The first-order valence-electron chi connectivity index (χ1n) is 9.05. The normalized spacial score (nSPS) is 18.3. The van der Waals surface area contributed by atoms with Gasteiger partial charge in [0.25, 0.3) is 11.8 Å². The van der Waals surface area contributed by atoms with Crippen LogP contribution in [0.2, 0.25) is 5.02 Å². The van der Waals surface area contributed by atoms with E-state index >= 15 is 0 Å². The Labute approximate surface area is 187 Å². The van der Waals surface area contributed by atoms with Gasteiger partial charge in [0, 0.05) is 10.6 Å². The van der Waals surface area contributed by atoms with E-state index < -0.39 is 17.8 Å². The summed E-state index contributed by atoms with van der Waals surface area (Å²) >= 11 is 12.5. The largest absolute Gasteiger partial charge is 0.465 e. The minimum Gasteiger partial charge on any atom is -0.465 e. The second-order valence-corrected chi connectivity index (χ2v) is 8.49. The molecule has 30 heavy (non-hydrogen) atoms. The summed E-state index contributed by atoms with van der Waals surface area (Å²) in [7, 11) is 0. The molecule has 2 aromatic carbocycles. The third-order valence-electron chi connectivity index (χ3n) is 4.58. The minimum atomic E-state index is -0.520. The number of nitrogens with zero attached hydrogens (tertiary/aromatic N) is 2. The van der Waals surface area contributed by atoms with Gasteiger partial charge in [-0.15, -0.1) is 0 Å². The summed E-state index contributed by atoms with van der Waals surface area (Å²) in [4.78, 5) is 41.4. The zero-order chi connectivity index (χ0) is 21.4. The number of hydrogen-bond acceptors (Lipinski definition) is 6. The first-order valence-corrected chi connectivity index (χ1v) is 10.7. The van der Waals surface area contributed by atoms with E-state index in [0.29, 0.717) is 26.3 Å². The molecule has 4 rings (SSSR count). The molecule has 6 nitrogen and oxygen atoms in total. The van der Waals surface area contributed by atoms with Gasteiger partial charge in [-0.25, -0.2) is 0 Å². The maximum absolute atomic E-state index is 13.3. The molecule has 0 bridgehead atoms. The molecule has 0 N–H and O–H groups in total. The van der Waals surface area contributed by atoms with Crippen LogP contribution in [0.5, 0.6) is 0 Å². The van der Waals surface area contributed by atoms with Gasteiger partial charge < -0.3 is 4.74 Å². The fourth-order valence-corrected chi connectivity index (χ4v) is 4.90. The maximum atomic E-state index is 13.3. The van der Waals surface area contributed by atoms with E-state index in [4.69, 9.17) is 28.6 Å². The predicted molar refractivity (Wildman–Crippen MR) is 121 cm³/mol. The van der Waals surface area contributed by atoms with Crippen molar-refractivity contribution in [1.82, 2.24) is 0 Å². The Morgan fingerprint density at radius 1 is 1.13 bits per heavy atom. The smallest absolute Gasteiger partial charge is 0.326 e. The van der Waals surface area contributed by atoms with Crippen LogP contribution in [-0.2, 0) is 19.1 Å². The molecule has 2 aliphatic rings. The molecule has 0 aliphatic carbocycles. The fourth-order valence-electron chi connectivity index (χ4n) is 3.35. The molecule has 1 saturated heterocycles. The average Bonchev–Trinajstić information content (AvgIpc) is 3.15. The van der Waals surface area contributed by atoms with Crippen LogP contribution in [0.25, 0.3) is 5.57 Å². The standard InChI is InChI=1S/C21H15ClN2O4S2/c1-2-28-16(25)11-23-15-9-4-3-8-14(15)17(19(23)26)18-20(27)24(21(29)30-18)13-7-5-6-12(22)10-13/h3-10H,2,11H2,1H3. The molecule has 9 heteroatoms. The second-order valence-electron chi connectivity index (χ2n) is 6.41. The lowest BCUT2D eigenvalue weighted by Crippen LogP contribution is -2.34. The first-order chi connectivity index (χ1) is 14.4. The zero-order valence-corrected chi connectivity index (χ0v) is 18.1. The van der Waals surface area contributed by atoms with Gasteiger partial charge in [-0.3, -0.25) is 24.2 Å². The number of para-hydroxylation sites is 1. The van der Waals surface area contributed by atoms with E-state index in [-0.39, 0.29) is 23.6 Å². The van der Waals surface area contributed by atoms with Gasteiger partial charge >= 0.3 is 5.97 Å². The monoisotopic (exact) mass is 458 g/mol. The summed E-state index contributed by atoms with van der Waals surface area (Å²) in [6.45, 7) is 1.68. The Morgan fingerprint density at radius 2 is 1.90 bits per heavy atom. The van der Waals surface area contributed by atoms with Crippen molar-refractivity contribution in [3.8, 4) is 0 Å². The van der Waals surface area contributed by atoms with Gasteiger partial charge in [0.1, 0.15) is 6.54 Å². The van der Waals surface area contributed by atoms with Crippen LogP contribution >= 0.6 is 35.6 Å². The van der Waals surface area contributed by atoms with E-state index in [1.165, 1.54) is 9.80 Å². The van der Waals surface area contributed by atoms with Crippen molar-refractivity contribution in [2.24, 2.45) is 0 Å². The van der Waals surface area contributed by atoms with E-state index in [1.807, 2.05) is 0 Å². The van der Waals surface area contributed by atoms with E-state index in [9.17, 15) is 14.4 Å². The van der Waals surface area contributed by atoms with Crippen molar-refractivity contribution in [2.75, 3.05) is 23.0 Å². The summed E-state index contributed by atoms with van der Waals surface area (Å²) in [5, 5.41) is 0.470. The topological polar surface area (TPSA) is 66.9 Å². The van der Waals surface area contributed by atoms with Gasteiger partial charge in [0.2, 0.25) is 0 Å². The van der Waals surface area contributed by atoms with Crippen LogP contribution < -0.4 is 9.80 Å². The molecule has 2 aliphatic heterocycles. The molecule has 2 heterocycles. The number of ether oxygens (including phenoxy) is 1. The number of carbonyl (C=O) groups is 3. The number of halogens is 1. The lowest BCUT2D eigenvalue weighted by atomic mass is 10.1. The molecule has 0 saturated carbocycles. The molecular weight excluding hydrogens is 444 g/mol. The van der Waals surface area contributed by atoms with Crippen LogP contribution in [-0.4, -0.2) is 35.3 Å². The molecule has 0 spiro atoms. The number of esters is 1. The first kappa shape index (κ1) is 20.6. The molecule has 0 atom stereocenters. The summed E-state index contributed by atoms with van der Waals surface area (Å²) in [5.74, 6) is -1.35. The van der Waals surface area contributed by atoms with Crippen molar-refractivity contribution in [3.63, 3.8) is 0 Å². The molecular formula is C21H15ClN2O4S2. The molecule has 2 amide bonds. The SMILES string of the molecule is CCOC(=O)CN1C(=O)C(=C2SC(=S)N(c3cccc(Cl)c3)C2=O)c2ccccc21. The molecule has 1 fully saturated rings. The Morgan fingerprint density at radius 3 is 2.63 bits per heavy atom. The summed E-state index contributed by atoms with van der Waals surface area (Å²) in [5.41, 5.74) is 1.90. The Bertz CT molecular complexity index is 1130. The number of thioether (sulfide) groups is 1. The van der Waals surface area contributed by atoms with Crippen LogP contribution in [0.1, 0.15) is 12.5 Å². The van der Waals surface area contributed by atoms with E-state index in [2.05, 4.69) is 0 Å². The van der Waals surface area contributed by atoms with Crippen LogP contribution in [0.4, 0.5) is 11.4 Å². The Kier molecular flexibility index (Phi) is 5.64. The highest BCUT2D eigenvalue weighted by Gasteiger charge is 2.43. The van der Waals surface area contributed by atoms with Crippen molar-refractivity contribution < 1.29 is 19.1 Å². The molecule has 0 unspecified atom stereocenters. The number of rotatable bonds is 4. The number of fused-ring (bicyclic) bond motifs is 1. The molecule has 0 radical (unpaired) electrons. The van der Waals surface area contributed by atoms with Crippen LogP contribution in [0.3, 0.4) is 0 Å². The number of thiocarbonyl (C=S) groups is 1. The quantitative estimate of drug-likeness (QED) is 0.391. The van der Waals surface area contributed by atoms with Crippen molar-refractivity contribution in [2.45, 2.75) is 6.92 Å². The van der Waals surface area contributed by atoms with E-state index in [1.54, 1.807) is 55.5 Å². The van der Waals surface area contributed by atoms with Gasteiger partial charge in [-0.1, -0.05) is 59.8 Å². The number of amides is 2. The molecule has 152 valence electrons. The Hall–Kier alpha value is -2.68. The van der Waals surface area contributed by atoms with Gasteiger partial charge in [-0.2, -0.15) is 0 Å². The highest BCUT2D eigenvalue weighted by molar-refractivity contribution is 8.27. The highest BCUT2D eigenvalue weighted by Crippen LogP contribution is 2.45. The molecule has 0 aromatic heterocycles. The Balaban J connectivity index is 1.77. The maximum Gasteiger partial charge on any atom is 0.326 e. The van der Waals surface area contributed by atoms with Crippen molar-refractivity contribution >= 4 is 74.6 Å². The predicted octanol–water partition coefficient (Wildman–Crippen LogP) is 4.03. The second kappa shape index (κ2) is 8.22. The third-order valence-corrected chi connectivity index (χ3v) is 6.19. The van der Waals surface area contributed by atoms with Crippen LogP contribution in [0.15, 0.2) is 53.4 Å². The molecule has 2 aromatic rings. The van der Waals surface area contributed by atoms with Gasteiger partial charge in [-0.05, 0) is 31.2 Å². The highest BCUT2D eigenvalue weighted by atomic mass is 35.5. The van der Waals surface area contributed by atoms with E-state index in [0.717, 1.165) is 11.8 Å². The van der Waals surface area contributed by atoms with Gasteiger partial charge in [0.05, 0.1) is 28.5 Å². The number of hydrogen-bond donors (Lipinski definition) is 0. The summed E-state index contributed by atoms with van der Waals surface area (Å²) < 4.78 is 5.29. The third kappa shape index (κ3) is 3.51. The minimum absolute atomic E-state index is 0.216. The van der Waals surface area contributed by atoms with Gasteiger partial charge in [0.15, 0.2) is 4.32 Å². The summed E-state index contributed by atoms with van der Waals surface area (Å²) in [6, 6.07) is 13.8. The lowest BCUT2D eigenvalue weighted by molar-refractivity contribution is -0.142. The lowest BCUT2D eigenvalue weighted by Gasteiger charge is -2.16. The number of benzene rings is 2. The summed E-state index contributed by atoms with van der Waals surface area (Å²) in [6.07, 6.45) is 0. The van der Waals surface area contributed by atoms with Crippen molar-refractivity contribution in [3.05, 3.63) is 64.0 Å². The van der Waals surface area contributed by atoms with Crippen LogP contribution in [0, 0.1) is 0 Å². The zero-order valence-electron chi connectivity index (χ0n) is 15.8. The number of anilines is 2.